The first kappa shape index (κ1) is 22.3. The van der Waals surface area contributed by atoms with Gasteiger partial charge in [0.05, 0.1) is 6.04 Å². The average Bonchev–Trinajstić information content (AvgIpc) is 2.77. The molecule has 2 amide bonds. The molecule has 0 spiro atoms. The Morgan fingerprint density at radius 2 is 1.60 bits per heavy atom. The molecule has 0 saturated carbocycles. The summed E-state index contributed by atoms with van der Waals surface area (Å²) in [5.41, 5.74) is 2.85. The Labute approximate surface area is 184 Å². The SMILES string of the molecule is CC(C)c1ccc(C(=O)N2CCN(C(C)C(=O)NCc3ccccc3Cl)CC2)cc1. The molecule has 0 aliphatic carbocycles. The van der Waals surface area contributed by atoms with Crippen LogP contribution in [-0.2, 0) is 11.3 Å². The summed E-state index contributed by atoms with van der Waals surface area (Å²) in [6.07, 6.45) is 0. The van der Waals surface area contributed by atoms with E-state index in [-0.39, 0.29) is 17.9 Å². The van der Waals surface area contributed by atoms with Crippen LogP contribution < -0.4 is 5.32 Å². The maximum atomic E-state index is 12.8. The molecule has 1 saturated heterocycles. The van der Waals surface area contributed by atoms with Gasteiger partial charge in [0.25, 0.3) is 5.91 Å². The average molecular weight is 428 g/mol. The smallest absolute Gasteiger partial charge is 0.253 e. The number of carbonyl (C=O) groups excluding carboxylic acids is 2. The highest BCUT2D eigenvalue weighted by Crippen LogP contribution is 2.17. The van der Waals surface area contributed by atoms with E-state index in [4.69, 9.17) is 11.6 Å². The van der Waals surface area contributed by atoms with Crippen LogP contribution in [0.15, 0.2) is 48.5 Å². The molecule has 6 heteroatoms. The topological polar surface area (TPSA) is 52.7 Å². The normalized spacial score (nSPS) is 15.8. The second kappa shape index (κ2) is 10.1. The minimum absolute atomic E-state index is 0.0287. The molecule has 1 unspecified atom stereocenters. The minimum Gasteiger partial charge on any atom is -0.351 e. The number of halogens is 1. The highest BCUT2D eigenvalue weighted by Gasteiger charge is 2.27. The van der Waals surface area contributed by atoms with Gasteiger partial charge in [-0.3, -0.25) is 14.5 Å². The first-order chi connectivity index (χ1) is 14.4. The fraction of sp³-hybridized carbons (Fsp3) is 0.417. The van der Waals surface area contributed by atoms with Crippen LogP contribution in [0.3, 0.4) is 0 Å². The van der Waals surface area contributed by atoms with Crippen molar-refractivity contribution in [3.8, 4) is 0 Å². The van der Waals surface area contributed by atoms with Gasteiger partial charge in [0, 0.05) is 43.3 Å². The predicted octanol–water partition coefficient (Wildman–Crippen LogP) is 3.93. The lowest BCUT2D eigenvalue weighted by Gasteiger charge is -2.37. The van der Waals surface area contributed by atoms with Crippen molar-refractivity contribution in [3.63, 3.8) is 0 Å². The Hall–Kier alpha value is -2.37. The summed E-state index contributed by atoms with van der Waals surface area (Å²) in [6.45, 7) is 9.19. The van der Waals surface area contributed by atoms with Gasteiger partial charge < -0.3 is 10.2 Å². The molecule has 1 heterocycles. The first-order valence-corrected chi connectivity index (χ1v) is 10.9. The molecule has 2 aromatic carbocycles. The van der Waals surface area contributed by atoms with Crippen LogP contribution in [0.2, 0.25) is 5.02 Å². The summed E-state index contributed by atoms with van der Waals surface area (Å²) in [7, 11) is 0. The van der Waals surface area contributed by atoms with Crippen LogP contribution in [0.1, 0.15) is 48.2 Å². The van der Waals surface area contributed by atoms with Gasteiger partial charge in [-0.2, -0.15) is 0 Å². The summed E-state index contributed by atoms with van der Waals surface area (Å²) >= 11 is 6.16. The Bertz CT molecular complexity index is 874. The summed E-state index contributed by atoms with van der Waals surface area (Å²) in [4.78, 5) is 29.4. The number of nitrogens with one attached hydrogen (secondary N) is 1. The number of amides is 2. The van der Waals surface area contributed by atoms with Gasteiger partial charge in [0.1, 0.15) is 0 Å². The van der Waals surface area contributed by atoms with Crippen molar-refractivity contribution in [3.05, 3.63) is 70.2 Å². The van der Waals surface area contributed by atoms with E-state index in [9.17, 15) is 9.59 Å². The van der Waals surface area contributed by atoms with Gasteiger partial charge >= 0.3 is 0 Å². The molecule has 1 N–H and O–H groups in total. The zero-order valence-electron chi connectivity index (χ0n) is 17.9. The lowest BCUT2D eigenvalue weighted by Crippen LogP contribution is -2.54. The van der Waals surface area contributed by atoms with Crippen molar-refractivity contribution in [2.75, 3.05) is 26.2 Å². The third-order valence-electron chi connectivity index (χ3n) is 5.76. The van der Waals surface area contributed by atoms with Crippen molar-refractivity contribution in [1.82, 2.24) is 15.1 Å². The molecule has 0 bridgehead atoms. The van der Waals surface area contributed by atoms with E-state index in [0.29, 0.717) is 43.7 Å². The zero-order chi connectivity index (χ0) is 21.7. The Morgan fingerprint density at radius 3 is 2.20 bits per heavy atom. The fourth-order valence-electron chi connectivity index (χ4n) is 3.64. The van der Waals surface area contributed by atoms with E-state index in [0.717, 1.165) is 11.1 Å². The highest BCUT2D eigenvalue weighted by molar-refractivity contribution is 6.31. The van der Waals surface area contributed by atoms with E-state index in [1.165, 1.54) is 5.56 Å². The van der Waals surface area contributed by atoms with Crippen LogP contribution >= 0.6 is 11.6 Å². The second-order valence-corrected chi connectivity index (χ2v) is 8.50. The molecule has 3 rings (SSSR count). The van der Waals surface area contributed by atoms with Crippen molar-refractivity contribution >= 4 is 23.4 Å². The third kappa shape index (κ3) is 5.41. The van der Waals surface area contributed by atoms with Crippen molar-refractivity contribution in [2.45, 2.75) is 39.3 Å². The van der Waals surface area contributed by atoms with Gasteiger partial charge in [0.15, 0.2) is 0 Å². The molecule has 0 aromatic heterocycles. The molecule has 30 heavy (non-hydrogen) atoms. The van der Waals surface area contributed by atoms with E-state index in [2.05, 4.69) is 24.1 Å². The molecule has 5 nitrogen and oxygen atoms in total. The fourth-order valence-corrected chi connectivity index (χ4v) is 3.85. The van der Waals surface area contributed by atoms with Crippen molar-refractivity contribution in [2.24, 2.45) is 0 Å². The Balaban J connectivity index is 1.49. The molecule has 160 valence electrons. The van der Waals surface area contributed by atoms with Crippen LogP contribution in [0.5, 0.6) is 0 Å². The summed E-state index contributed by atoms with van der Waals surface area (Å²) in [6, 6.07) is 15.1. The molecule has 1 atom stereocenters. The molecular weight excluding hydrogens is 398 g/mol. The number of rotatable bonds is 6. The number of nitrogens with zero attached hydrogens (tertiary/aromatic N) is 2. The number of piperazine rings is 1. The molecule has 1 aliphatic heterocycles. The zero-order valence-corrected chi connectivity index (χ0v) is 18.7. The van der Waals surface area contributed by atoms with Crippen molar-refractivity contribution < 1.29 is 9.59 Å². The highest BCUT2D eigenvalue weighted by atomic mass is 35.5. The van der Waals surface area contributed by atoms with Gasteiger partial charge in [-0.1, -0.05) is 55.8 Å². The lowest BCUT2D eigenvalue weighted by molar-refractivity contribution is -0.126. The molecule has 0 radical (unpaired) electrons. The van der Waals surface area contributed by atoms with Crippen LogP contribution in [0.4, 0.5) is 0 Å². The number of hydrogen-bond donors (Lipinski definition) is 1. The standard InChI is InChI=1S/C24H30ClN3O2/c1-17(2)19-8-10-20(11-9-19)24(30)28-14-12-27(13-15-28)18(3)23(29)26-16-21-6-4-5-7-22(21)25/h4-11,17-18H,12-16H2,1-3H3,(H,26,29). The Morgan fingerprint density at radius 1 is 0.967 bits per heavy atom. The second-order valence-electron chi connectivity index (χ2n) is 8.09. The molecule has 2 aromatic rings. The number of hydrogen-bond acceptors (Lipinski definition) is 3. The molecule has 1 aliphatic rings. The van der Waals surface area contributed by atoms with E-state index in [1.807, 2.05) is 60.4 Å². The summed E-state index contributed by atoms with van der Waals surface area (Å²) < 4.78 is 0. The van der Waals surface area contributed by atoms with Gasteiger partial charge in [-0.15, -0.1) is 0 Å². The van der Waals surface area contributed by atoms with Gasteiger partial charge in [-0.25, -0.2) is 0 Å². The van der Waals surface area contributed by atoms with E-state index < -0.39 is 0 Å². The maximum absolute atomic E-state index is 12.8. The van der Waals surface area contributed by atoms with Gasteiger partial charge in [-0.05, 0) is 42.2 Å². The van der Waals surface area contributed by atoms with E-state index >= 15 is 0 Å². The monoisotopic (exact) mass is 427 g/mol. The van der Waals surface area contributed by atoms with Gasteiger partial charge in [0.2, 0.25) is 5.91 Å². The molecular formula is C24H30ClN3O2. The van der Waals surface area contributed by atoms with Crippen LogP contribution in [0, 0.1) is 0 Å². The maximum Gasteiger partial charge on any atom is 0.253 e. The predicted molar refractivity (Wildman–Crippen MR) is 121 cm³/mol. The van der Waals surface area contributed by atoms with Crippen molar-refractivity contribution in [1.29, 1.82) is 0 Å². The summed E-state index contributed by atoms with van der Waals surface area (Å²) in [5.74, 6) is 0.475. The number of benzene rings is 2. The molecule has 1 fully saturated rings. The number of carbonyl (C=O) groups is 2. The van der Waals surface area contributed by atoms with Crippen LogP contribution in [0.25, 0.3) is 0 Å². The summed E-state index contributed by atoms with van der Waals surface area (Å²) in [5, 5.41) is 3.62. The minimum atomic E-state index is -0.255. The first-order valence-electron chi connectivity index (χ1n) is 10.5. The lowest BCUT2D eigenvalue weighted by atomic mass is 10.0. The largest absolute Gasteiger partial charge is 0.351 e. The van der Waals surface area contributed by atoms with E-state index in [1.54, 1.807) is 0 Å². The van der Waals surface area contributed by atoms with Crippen LogP contribution in [-0.4, -0.2) is 53.8 Å². The third-order valence-corrected chi connectivity index (χ3v) is 6.13. The Kier molecular flexibility index (Phi) is 7.51. The quantitative estimate of drug-likeness (QED) is 0.760.